The molecule has 1 rings (SSSR count). The molecule has 0 bridgehead atoms. The van der Waals surface area contributed by atoms with Crippen LogP contribution in [0.5, 0.6) is 0 Å². The van der Waals surface area contributed by atoms with Crippen LogP contribution in [0, 0.1) is 5.92 Å². The first-order chi connectivity index (χ1) is 6.02. The fourth-order valence-corrected chi connectivity index (χ4v) is 1.87. The van der Waals surface area contributed by atoms with Crippen molar-refractivity contribution in [2.45, 2.75) is 52.1 Å². The van der Waals surface area contributed by atoms with E-state index in [0.29, 0.717) is 24.3 Å². The second kappa shape index (κ2) is 4.23. The molecule has 2 atom stereocenters. The number of rotatable bonds is 5. The van der Waals surface area contributed by atoms with E-state index in [0.717, 1.165) is 5.92 Å². The largest absolute Gasteiger partial charge is 0.300 e. The Hall–Kier alpha value is -0.370. The van der Waals surface area contributed by atoms with Gasteiger partial charge in [-0.1, -0.05) is 0 Å². The molecule has 0 amide bonds. The molecule has 76 valence electrons. The van der Waals surface area contributed by atoms with Gasteiger partial charge in [0.15, 0.2) is 0 Å². The van der Waals surface area contributed by atoms with E-state index in [2.05, 4.69) is 25.8 Å². The van der Waals surface area contributed by atoms with E-state index < -0.39 is 0 Å². The molecular weight excluding hydrogens is 162 g/mol. The van der Waals surface area contributed by atoms with Gasteiger partial charge < -0.3 is 4.90 Å². The van der Waals surface area contributed by atoms with Crippen LogP contribution < -0.4 is 0 Å². The van der Waals surface area contributed by atoms with Gasteiger partial charge in [0.1, 0.15) is 5.78 Å². The minimum absolute atomic E-state index is 0.294. The number of hydrogen-bond donors (Lipinski definition) is 0. The van der Waals surface area contributed by atoms with Crippen LogP contribution in [0.3, 0.4) is 0 Å². The van der Waals surface area contributed by atoms with Gasteiger partial charge in [-0.2, -0.15) is 0 Å². The Morgan fingerprint density at radius 2 is 2.00 bits per heavy atom. The summed E-state index contributed by atoms with van der Waals surface area (Å²) >= 11 is 0. The van der Waals surface area contributed by atoms with Crippen molar-refractivity contribution in [2.24, 2.45) is 5.92 Å². The number of carbonyl (C=O) groups is 1. The number of ketones is 1. The first-order valence-corrected chi connectivity index (χ1v) is 5.23. The standard InChI is InChI=1S/C11H21NO/c1-8(7-9(2)13)12(4)10(3)11-5-6-11/h8,10-11H,5-7H2,1-4H3. The van der Waals surface area contributed by atoms with Crippen molar-refractivity contribution in [1.29, 1.82) is 0 Å². The molecule has 1 aliphatic rings. The van der Waals surface area contributed by atoms with Gasteiger partial charge in [0.2, 0.25) is 0 Å². The monoisotopic (exact) mass is 183 g/mol. The predicted octanol–water partition coefficient (Wildman–Crippen LogP) is 2.08. The Labute approximate surface area is 81.3 Å². The van der Waals surface area contributed by atoms with Crippen molar-refractivity contribution < 1.29 is 4.79 Å². The maximum Gasteiger partial charge on any atom is 0.131 e. The molecule has 2 nitrogen and oxygen atoms in total. The summed E-state index contributed by atoms with van der Waals surface area (Å²) in [7, 11) is 2.14. The Bertz CT molecular complexity index is 187. The molecule has 2 heteroatoms. The summed E-state index contributed by atoms with van der Waals surface area (Å²) < 4.78 is 0. The number of Topliss-reactive ketones (excluding diaryl/α,β-unsaturated/α-hetero) is 1. The molecule has 0 aromatic heterocycles. The molecule has 0 heterocycles. The molecule has 0 saturated heterocycles. The van der Waals surface area contributed by atoms with Gasteiger partial charge >= 0.3 is 0 Å². The molecule has 0 aliphatic heterocycles. The van der Waals surface area contributed by atoms with E-state index in [-0.39, 0.29) is 0 Å². The van der Waals surface area contributed by atoms with Crippen LogP contribution in [-0.2, 0) is 4.79 Å². The first-order valence-electron chi connectivity index (χ1n) is 5.23. The highest BCUT2D eigenvalue weighted by Crippen LogP contribution is 2.35. The Kier molecular flexibility index (Phi) is 3.48. The first kappa shape index (κ1) is 10.7. The van der Waals surface area contributed by atoms with Crippen molar-refractivity contribution in [1.82, 2.24) is 4.90 Å². The zero-order valence-corrected chi connectivity index (χ0v) is 9.21. The lowest BCUT2D eigenvalue weighted by Crippen LogP contribution is -2.39. The third kappa shape index (κ3) is 3.11. The molecule has 0 spiro atoms. The molecule has 1 fully saturated rings. The van der Waals surface area contributed by atoms with Crippen molar-refractivity contribution >= 4 is 5.78 Å². The minimum Gasteiger partial charge on any atom is -0.300 e. The average Bonchev–Trinajstić information content (AvgIpc) is 2.82. The molecule has 13 heavy (non-hydrogen) atoms. The minimum atomic E-state index is 0.294. The van der Waals surface area contributed by atoms with Crippen molar-refractivity contribution in [3.05, 3.63) is 0 Å². The highest BCUT2D eigenvalue weighted by atomic mass is 16.1. The van der Waals surface area contributed by atoms with Crippen molar-refractivity contribution in [2.75, 3.05) is 7.05 Å². The zero-order chi connectivity index (χ0) is 10.0. The zero-order valence-electron chi connectivity index (χ0n) is 9.21. The third-order valence-corrected chi connectivity index (χ3v) is 3.22. The van der Waals surface area contributed by atoms with Gasteiger partial charge in [0.05, 0.1) is 0 Å². The quantitative estimate of drug-likeness (QED) is 0.650. The summed E-state index contributed by atoms with van der Waals surface area (Å²) in [5.41, 5.74) is 0. The smallest absolute Gasteiger partial charge is 0.131 e. The summed E-state index contributed by atoms with van der Waals surface area (Å²) in [5.74, 6) is 1.18. The second-order valence-corrected chi connectivity index (χ2v) is 4.50. The molecule has 0 radical (unpaired) electrons. The maximum absolute atomic E-state index is 10.9. The predicted molar refractivity (Wildman–Crippen MR) is 54.7 cm³/mol. The van der Waals surface area contributed by atoms with Crippen LogP contribution in [0.15, 0.2) is 0 Å². The molecule has 1 aliphatic carbocycles. The van der Waals surface area contributed by atoms with Gasteiger partial charge in [-0.3, -0.25) is 4.79 Å². The van der Waals surface area contributed by atoms with Gasteiger partial charge in [0, 0.05) is 18.5 Å². The third-order valence-electron chi connectivity index (χ3n) is 3.22. The molecule has 2 unspecified atom stereocenters. The van der Waals surface area contributed by atoms with Crippen LogP contribution in [0.25, 0.3) is 0 Å². The van der Waals surface area contributed by atoms with Crippen LogP contribution in [-0.4, -0.2) is 29.8 Å². The van der Waals surface area contributed by atoms with E-state index in [4.69, 9.17) is 0 Å². The lowest BCUT2D eigenvalue weighted by atomic mass is 10.1. The fourth-order valence-electron chi connectivity index (χ4n) is 1.87. The summed E-state index contributed by atoms with van der Waals surface area (Å²) in [6.07, 6.45) is 3.43. The summed E-state index contributed by atoms with van der Waals surface area (Å²) in [6.45, 7) is 6.08. The molecular formula is C11H21NO. The second-order valence-electron chi connectivity index (χ2n) is 4.50. The highest BCUT2D eigenvalue weighted by molar-refractivity contribution is 5.76. The maximum atomic E-state index is 10.9. The average molecular weight is 183 g/mol. The summed E-state index contributed by atoms with van der Waals surface area (Å²) in [5, 5.41) is 0. The molecule has 1 saturated carbocycles. The van der Waals surface area contributed by atoms with Gasteiger partial charge in [-0.25, -0.2) is 0 Å². The van der Waals surface area contributed by atoms with Gasteiger partial charge in [0.25, 0.3) is 0 Å². The highest BCUT2D eigenvalue weighted by Gasteiger charge is 2.32. The van der Waals surface area contributed by atoms with Crippen LogP contribution in [0.1, 0.15) is 40.0 Å². The molecule has 0 N–H and O–H groups in total. The van der Waals surface area contributed by atoms with E-state index >= 15 is 0 Å². The lowest BCUT2D eigenvalue weighted by molar-refractivity contribution is -0.118. The Balaban J connectivity index is 2.35. The van der Waals surface area contributed by atoms with E-state index in [1.807, 2.05) is 0 Å². The topological polar surface area (TPSA) is 20.3 Å². The van der Waals surface area contributed by atoms with E-state index in [1.54, 1.807) is 6.92 Å². The summed E-state index contributed by atoms with van der Waals surface area (Å²) in [4.78, 5) is 13.3. The van der Waals surface area contributed by atoms with Gasteiger partial charge in [-0.05, 0) is 46.6 Å². The Morgan fingerprint density at radius 3 is 2.38 bits per heavy atom. The fraction of sp³-hybridized carbons (Fsp3) is 0.909. The molecule has 0 aromatic rings. The van der Waals surface area contributed by atoms with Crippen molar-refractivity contribution in [3.63, 3.8) is 0 Å². The van der Waals surface area contributed by atoms with Gasteiger partial charge in [-0.15, -0.1) is 0 Å². The van der Waals surface area contributed by atoms with Crippen LogP contribution in [0.2, 0.25) is 0 Å². The SMILES string of the molecule is CC(=O)CC(C)N(C)C(C)C1CC1. The number of hydrogen-bond acceptors (Lipinski definition) is 2. The number of nitrogens with zero attached hydrogens (tertiary/aromatic N) is 1. The van der Waals surface area contributed by atoms with E-state index in [9.17, 15) is 4.79 Å². The van der Waals surface area contributed by atoms with Crippen LogP contribution in [0.4, 0.5) is 0 Å². The van der Waals surface area contributed by atoms with Crippen molar-refractivity contribution in [3.8, 4) is 0 Å². The van der Waals surface area contributed by atoms with E-state index in [1.165, 1.54) is 12.8 Å². The Morgan fingerprint density at radius 1 is 1.46 bits per heavy atom. The number of carbonyl (C=O) groups excluding carboxylic acids is 1. The summed E-state index contributed by atoms with van der Waals surface area (Å²) in [6, 6.07) is 1.04. The lowest BCUT2D eigenvalue weighted by Gasteiger charge is -2.30. The van der Waals surface area contributed by atoms with Crippen LogP contribution >= 0.6 is 0 Å². The molecule has 0 aromatic carbocycles. The normalized spacial score (nSPS) is 21.6.